The fourth-order valence-corrected chi connectivity index (χ4v) is 3.06. The molecule has 1 heteroatoms. The molecule has 1 fully saturated rings. The van der Waals surface area contributed by atoms with Crippen LogP contribution < -0.4 is 0 Å². The predicted molar refractivity (Wildman–Crippen MR) is 86.5 cm³/mol. The van der Waals surface area contributed by atoms with Gasteiger partial charge in [0.05, 0.1) is 12.2 Å². The zero-order valence-corrected chi connectivity index (χ0v) is 14.0. The highest BCUT2D eigenvalue weighted by Crippen LogP contribution is 2.36. The van der Waals surface area contributed by atoms with Gasteiger partial charge in [-0.2, -0.15) is 0 Å². The van der Waals surface area contributed by atoms with Gasteiger partial charge in [0.15, 0.2) is 0 Å². The molecule has 3 atom stereocenters. The molecule has 1 aromatic rings. The SMILES string of the molecule is CCc1ccc(C(C)(C)C)cc1C(C)CC1OC1CC. The maximum absolute atomic E-state index is 5.73. The van der Waals surface area contributed by atoms with Gasteiger partial charge < -0.3 is 4.74 Å². The van der Waals surface area contributed by atoms with E-state index in [9.17, 15) is 0 Å². The number of rotatable bonds is 5. The summed E-state index contributed by atoms with van der Waals surface area (Å²) in [4.78, 5) is 0. The van der Waals surface area contributed by atoms with Crippen molar-refractivity contribution in [3.8, 4) is 0 Å². The maximum atomic E-state index is 5.73. The average Bonchev–Trinajstić information content (AvgIpc) is 3.15. The summed E-state index contributed by atoms with van der Waals surface area (Å²) in [6.07, 6.45) is 4.46. The van der Waals surface area contributed by atoms with Crippen LogP contribution in [0.2, 0.25) is 0 Å². The van der Waals surface area contributed by atoms with Gasteiger partial charge in [-0.3, -0.25) is 0 Å². The summed E-state index contributed by atoms with van der Waals surface area (Å²) in [6, 6.07) is 7.07. The molecule has 1 aliphatic heterocycles. The molecule has 1 aromatic carbocycles. The third kappa shape index (κ3) is 3.44. The van der Waals surface area contributed by atoms with E-state index in [0.717, 1.165) is 12.8 Å². The summed E-state index contributed by atoms with van der Waals surface area (Å²) < 4.78 is 5.73. The number of benzene rings is 1. The van der Waals surface area contributed by atoms with Crippen molar-refractivity contribution in [2.45, 2.75) is 84.3 Å². The lowest BCUT2D eigenvalue weighted by Gasteiger charge is -2.23. The van der Waals surface area contributed by atoms with Crippen LogP contribution in [0.25, 0.3) is 0 Å². The Hall–Kier alpha value is -0.820. The number of aryl methyl sites for hydroxylation is 1. The van der Waals surface area contributed by atoms with Crippen LogP contribution in [0, 0.1) is 0 Å². The van der Waals surface area contributed by atoms with E-state index in [0.29, 0.717) is 18.1 Å². The minimum absolute atomic E-state index is 0.225. The third-order valence-electron chi connectivity index (χ3n) is 4.60. The van der Waals surface area contributed by atoms with Crippen LogP contribution in [0.5, 0.6) is 0 Å². The molecule has 2 rings (SSSR count). The minimum Gasteiger partial charge on any atom is -0.370 e. The molecule has 0 bridgehead atoms. The van der Waals surface area contributed by atoms with Gasteiger partial charge in [-0.25, -0.2) is 0 Å². The first-order valence-corrected chi connectivity index (χ1v) is 8.15. The molecule has 112 valence electrons. The molecule has 1 heterocycles. The van der Waals surface area contributed by atoms with Gasteiger partial charge in [-0.05, 0) is 47.3 Å². The number of epoxide rings is 1. The maximum Gasteiger partial charge on any atom is 0.0847 e. The molecule has 0 radical (unpaired) electrons. The number of hydrogen-bond donors (Lipinski definition) is 0. The van der Waals surface area contributed by atoms with Crippen molar-refractivity contribution >= 4 is 0 Å². The summed E-state index contributed by atoms with van der Waals surface area (Å²) in [5.41, 5.74) is 4.70. The van der Waals surface area contributed by atoms with Crippen LogP contribution in [0.1, 0.15) is 77.0 Å². The normalized spacial score (nSPS) is 23.7. The standard InChI is InChI=1S/C19H30O/c1-7-14-9-10-15(19(4,5)6)12-16(14)13(3)11-18-17(8-2)20-18/h9-10,12-13,17-18H,7-8,11H2,1-6H3. The van der Waals surface area contributed by atoms with Crippen LogP contribution in [-0.2, 0) is 16.6 Å². The Bertz CT molecular complexity index is 455. The fourth-order valence-electron chi connectivity index (χ4n) is 3.06. The van der Waals surface area contributed by atoms with Gasteiger partial charge in [-0.15, -0.1) is 0 Å². The molecule has 1 nitrogen and oxygen atoms in total. The number of hydrogen-bond acceptors (Lipinski definition) is 1. The first-order valence-electron chi connectivity index (χ1n) is 8.15. The molecule has 0 aliphatic carbocycles. The van der Waals surface area contributed by atoms with Gasteiger partial charge in [0.2, 0.25) is 0 Å². The molecule has 1 saturated heterocycles. The Morgan fingerprint density at radius 2 is 1.85 bits per heavy atom. The summed E-state index contributed by atoms with van der Waals surface area (Å²) >= 11 is 0. The summed E-state index contributed by atoms with van der Waals surface area (Å²) in [7, 11) is 0. The highest BCUT2D eigenvalue weighted by atomic mass is 16.6. The van der Waals surface area contributed by atoms with Gasteiger partial charge >= 0.3 is 0 Å². The predicted octanol–water partition coefficient (Wildman–Crippen LogP) is 5.22. The second-order valence-electron chi connectivity index (χ2n) is 7.28. The quantitative estimate of drug-likeness (QED) is 0.671. The second kappa shape index (κ2) is 5.89. The Labute approximate surface area is 124 Å². The van der Waals surface area contributed by atoms with Gasteiger partial charge in [0, 0.05) is 0 Å². The van der Waals surface area contributed by atoms with E-state index in [1.165, 1.54) is 23.1 Å². The largest absolute Gasteiger partial charge is 0.370 e. The van der Waals surface area contributed by atoms with E-state index >= 15 is 0 Å². The van der Waals surface area contributed by atoms with E-state index in [1.54, 1.807) is 0 Å². The third-order valence-corrected chi connectivity index (χ3v) is 4.60. The van der Waals surface area contributed by atoms with Crippen LogP contribution in [0.15, 0.2) is 18.2 Å². The molecule has 0 saturated carbocycles. The minimum atomic E-state index is 0.225. The molecule has 20 heavy (non-hydrogen) atoms. The van der Waals surface area contributed by atoms with E-state index < -0.39 is 0 Å². The molecule has 0 spiro atoms. The molecule has 1 aliphatic rings. The highest BCUT2D eigenvalue weighted by molar-refractivity contribution is 5.37. The molecule has 3 unspecified atom stereocenters. The van der Waals surface area contributed by atoms with Crippen LogP contribution in [-0.4, -0.2) is 12.2 Å². The van der Waals surface area contributed by atoms with Crippen LogP contribution >= 0.6 is 0 Å². The van der Waals surface area contributed by atoms with Crippen LogP contribution in [0.4, 0.5) is 0 Å². The second-order valence-corrected chi connectivity index (χ2v) is 7.28. The zero-order chi connectivity index (χ0) is 14.9. The van der Waals surface area contributed by atoms with Crippen molar-refractivity contribution in [3.05, 3.63) is 34.9 Å². The lowest BCUT2D eigenvalue weighted by atomic mass is 9.82. The summed E-state index contributed by atoms with van der Waals surface area (Å²) in [5, 5.41) is 0. The lowest BCUT2D eigenvalue weighted by molar-refractivity contribution is 0.352. The molecule has 0 amide bonds. The van der Waals surface area contributed by atoms with E-state index in [-0.39, 0.29) is 5.41 Å². The Morgan fingerprint density at radius 3 is 2.35 bits per heavy atom. The van der Waals surface area contributed by atoms with Crippen molar-refractivity contribution in [3.63, 3.8) is 0 Å². The highest BCUT2D eigenvalue weighted by Gasteiger charge is 2.38. The first kappa shape index (κ1) is 15.6. The van der Waals surface area contributed by atoms with E-state index in [2.05, 4.69) is 59.7 Å². The van der Waals surface area contributed by atoms with Gasteiger partial charge in [0.25, 0.3) is 0 Å². The molecule has 0 aromatic heterocycles. The summed E-state index contributed by atoms with van der Waals surface area (Å²) in [5.74, 6) is 0.591. The van der Waals surface area contributed by atoms with Gasteiger partial charge in [-0.1, -0.05) is 59.7 Å². The Morgan fingerprint density at radius 1 is 1.15 bits per heavy atom. The van der Waals surface area contributed by atoms with E-state index in [1.807, 2.05) is 0 Å². The van der Waals surface area contributed by atoms with Crippen molar-refractivity contribution in [1.29, 1.82) is 0 Å². The monoisotopic (exact) mass is 274 g/mol. The van der Waals surface area contributed by atoms with Crippen molar-refractivity contribution in [2.24, 2.45) is 0 Å². The fraction of sp³-hybridized carbons (Fsp3) is 0.684. The topological polar surface area (TPSA) is 12.5 Å². The van der Waals surface area contributed by atoms with Gasteiger partial charge in [0.1, 0.15) is 0 Å². The number of ether oxygens (including phenoxy) is 1. The average molecular weight is 274 g/mol. The van der Waals surface area contributed by atoms with Crippen molar-refractivity contribution in [1.82, 2.24) is 0 Å². The Kier molecular flexibility index (Phi) is 4.59. The smallest absolute Gasteiger partial charge is 0.0847 e. The first-order chi connectivity index (χ1) is 9.36. The van der Waals surface area contributed by atoms with Crippen molar-refractivity contribution in [2.75, 3.05) is 0 Å². The van der Waals surface area contributed by atoms with Crippen molar-refractivity contribution < 1.29 is 4.74 Å². The molecular formula is C19H30O. The Balaban J connectivity index is 2.19. The zero-order valence-electron chi connectivity index (χ0n) is 14.0. The molecular weight excluding hydrogens is 244 g/mol. The molecule has 0 N–H and O–H groups in total. The lowest BCUT2D eigenvalue weighted by Crippen LogP contribution is -2.13. The van der Waals surface area contributed by atoms with E-state index in [4.69, 9.17) is 4.74 Å². The summed E-state index contributed by atoms with van der Waals surface area (Å²) in [6.45, 7) is 13.7. The van der Waals surface area contributed by atoms with Crippen LogP contribution in [0.3, 0.4) is 0 Å².